The molecule has 2 aromatic rings. The first-order valence-corrected chi connectivity index (χ1v) is 7.21. The first kappa shape index (κ1) is 16.0. The average Bonchev–Trinajstić information content (AvgIpc) is 2.93. The Morgan fingerprint density at radius 2 is 2.32 bits per heavy atom. The quantitative estimate of drug-likeness (QED) is 0.849. The van der Waals surface area contributed by atoms with Crippen LogP contribution in [0.15, 0.2) is 36.8 Å². The molecule has 0 fully saturated rings. The number of nitrogens with one attached hydrogen (secondary N) is 1. The molecule has 0 aliphatic heterocycles. The summed E-state index contributed by atoms with van der Waals surface area (Å²) in [6.07, 6.45) is 5.64. The summed E-state index contributed by atoms with van der Waals surface area (Å²) in [5.41, 5.74) is 1.39. The fraction of sp³-hybridized carbons (Fsp3) is 0.400. The van der Waals surface area contributed by atoms with Gasteiger partial charge in [-0.05, 0) is 18.6 Å². The first-order valence-electron chi connectivity index (χ1n) is 7.21. The number of urea groups is 1. The van der Waals surface area contributed by atoms with Crippen LogP contribution in [-0.4, -0.2) is 43.5 Å². The van der Waals surface area contributed by atoms with E-state index in [1.54, 1.807) is 35.2 Å². The van der Waals surface area contributed by atoms with Gasteiger partial charge in [0.25, 0.3) is 0 Å². The maximum absolute atomic E-state index is 12.5. The van der Waals surface area contributed by atoms with Crippen LogP contribution in [0, 0.1) is 0 Å². The van der Waals surface area contributed by atoms with Crippen LogP contribution >= 0.6 is 0 Å². The van der Waals surface area contributed by atoms with Gasteiger partial charge in [0.15, 0.2) is 0 Å². The molecule has 0 bridgehead atoms. The first-order chi connectivity index (χ1) is 10.6. The summed E-state index contributed by atoms with van der Waals surface area (Å²) in [5, 5.41) is 16.4. The Labute approximate surface area is 129 Å². The number of aryl methyl sites for hydroxylation is 1. The zero-order chi connectivity index (χ0) is 15.9. The number of carbonyl (C=O) groups excluding carboxylic acids is 1. The molecule has 2 heterocycles. The van der Waals surface area contributed by atoms with Gasteiger partial charge in [-0.2, -0.15) is 5.10 Å². The Balaban J connectivity index is 2.14. The highest BCUT2D eigenvalue weighted by Gasteiger charge is 2.23. The summed E-state index contributed by atoms with van der Waals surface area (Å²) in [6.45, 7) is 2.18. The maximum Gasteiger partial charge on any atom is 0.322 e. The lowest BCUT2D eigenvalue weighted by molar-refractivity contribution is 0.133. The molecule has 118 valence electrons. The van der Waals surface area contributed by atoms with Crippen molar-refractivity contribution in [1.29, 1.82) is 0 Å². The molecule has 0 aliphatic rings. The van der Waals surface area contributed by atoms with Gasteiger partial charge in [0.1, 0.15) is 0 Å². The molecule has 22 heavy (non-hydrogen) atoms. The van der Waals surface area contributed by atoms with Crippen LogP contribution in [0.5, 0.6) is 0 Å². The van der Waals surface area contributed by atoms with E-state index in [0.717, 1.165) is 5.69 Å². The minimum atomic E-state index is -0.278. The monoisotopic (exact) mass is 303 g/mol. The highest BCUT2D eigenvalue weighted by Crippen LogP contribution is 2.13. The highest BCUT2D eigenvalue weighted by atomic mass is 16.3. The van der Waals surface area contributed by atoms with Crippen LogP contribution in [-0.2, 0) is 13.6 Å². The summed E-state index contributed by atoms with van der Waals surface area (Å²) in [7, 11) is 1.78. The molecule has 0 aliphatic carbocycles. The van der Waals surface area contributed by atoms with E-state index < -0.39 is 0 Å². The van der Waals surface area contributed by atoms with E-state index in [0.29, 0.717) is 18.7 Å². The molecule has 0 aromatic carbocycles. The Bertz CT molecular complexity index is 595. The summed E-state index contributed by atoms with van der Waals surface area (Å²) >= 11 is 0. The minimum Gasteiger partial charge on any atom is -0.394 e. The van der Waals surface area contributed by atoms with Crippen molar-refractivity contribution < 1.29 is 9.90 Å². The normalized spacial score (nSPS) is 12.0. The third-order valence-corrected chi connectivity index (χ3v) is 3.40. The molecule has 7 heteroatoms. The van der Waals surface area contributed by atoms with E-state index in [1.807, 2.05) is 25.1 Å². The van der Waals surface area contributed by atoms with Gasteiger partial charge < -0.3 is 15.3 Å². The van der Waals surface area contributed by atoms with Gasteiger partial charge in [-0.1, -0.05) is 13.0 Å². The molecular formula is C15H21N5O2. The van der Waals surface area contributed by atoms with Crippen LogP contribution in [0.4, 0.5) is 10.5 Å². The van der Waals surface area contributed by atoms with Crippen molar-refractivity contribution in [2.24, 2.45) is 7.05 Å². The van der Waals surface area contributed by atoms with Crippen LogP contribution in [0.2, 0.25) is 0 Å². The SMILES string of the molecule is CC[C@@H](CO)N(Cc1ccccn1)C(=O)Nc1cnn(C)c1. The minimum absolute atomic E-state index is 0.0935. The van der Waals surface area contributed by atoms with Crippen LogP contribution in [0.3, 0.4) is 0 Å². The van der Waals surface area contributed by atoms with Crippen LogP contribution in [0.1, 0.15) is 19.0 Å². The Morgan fingerprint density at radius 3 is 2.86 bits per heavy atom. The summed E-state index contributed by atoms with van der Waals surface area (Å²) in [4.78, 5) is 18.4. The van der Waals surface area contributed by atoms with E-state index >= 15 is 0 Å². The van der Waals surface area contributed by atoms with E-state index in [9.17, 15) is 9.90 Å². The molecule has 0 unspecified atom stereocenters. The second-order valence-corrected chi connectivity index (χ2v) is 5.03. The molecule has 2 amide bonds. The van der Waals surface area contributed by atoms with Crippen molar-refractivity contribution in [3.05, 3.63) is 42.5 Å². The number of amides is 2. The number of aliphatic hydroxyl groups excluding tert-OH is 1. The smallest absolute Gasteiger partial charge is 0.322 e. The van der Waals surface area contributed by atoms with Gasteiger partial charge in [-0.3, -0.25) is 9.67 Å². The fourth-order valence-electron chi connectivity index (χ4n) is 2.16. The molecule has 0 radical (unpaired) electrons. The highest BCUT2D eigenvalue weighted by molar-refractivity contribution is 5.89. The van der Waals surface area contributed by atoms with Crippen LogP contribution < -0.4 is 5.32 Å². The number of hydrogen-bond donors (Lipinski definition) is 2. The number of rotatable bonds is 6. The summed E-state index contributed by atoms with van der Waals surface area (Å²) < 4.78 is 1.61. The van der Waals surface area contributed by atoms with Gasteiger partial charge in [0.05, 0.1) is 36.8 Å². The average molecular weight is 303 g/mol. The number of anilines is 1. The topological polar surface area (TPSA) is 83.3 Å². The standard InChI is InChI=1S/C15H21N5O2/c1-3-14(11-21)20(10-12-6-4-5-7-16-12)15(22)18-13-8-17-19(2)9-13/h4-9,14,21H,3,10-11H2,1-2H3,(H,18,22)/t14-/m0/s1. The number of hydrogen-bond acceptors (Lipinski definition) is 4. The third kappa shape index (κ3) is 4.05. The second kappa shape index (κ2) is 7.56. The van der Waals surface area contributed by atoms with Crippen molar-refractivity contribution in [3.8, 4) is 0 Å². The molecule has 0 saturated heterocycles. The largest absolute Gasteiger partial charge is 0.394 e. The second-order valence-electron chi connectivity index (χ2n) is 5.03. The molecule has 0 saturated carbocycles. The number of aromatic nitrogens is 3. The predicted octanol–water partition coefficient (Wildman–Crippen LogP) is 1.62. The lowest BCUT2D eigenvalue weighted by Crippen LogP contribution is -2.44. The van der Waals surface area contributed by atoms with E-state index in [1.165, 1.54) is 0 Å². The fourth-order valence-corrected chi connectivity index (χ4v) is 2.16. The lowest BCUT2D eigenvalue weighted by atomic mass is 10.2. The summed E-state index contributed by atoms with van der Waals surface area (Å²) in [6, 6.07) is 5.01. The molecule has 2 aromatic heterocycles. The molecule has 2 rings (SSSR count). The number of aliphatic hydroxyl groups is 1. The number of pyridine rings is 1. The number of carbonyl (C=O) groups is 1. The molecule has 7 nitrogen and oxygen atoms in total. The molecular weight excluding hydrogens is 282 g/mol. The van der Waals surface area contributed by atoms with Crippen molar-refractivity contribution in [2.75, 3.05) is 11.9 Å². The predicted molar refractivity (Wildman–Crippen MR) is 83.2 cm³/mol. The van der Waals surface area contributed by atoms with E-state index in [2.05, 4.69) is 15.4 Å². The zero-order valence-corrected chi connectivity index (χ0v) is 12.8. The number of nitrogens with zero attached hydrogens (tertiary/aromatic N) is 4. The third-order valence-electron chi connectivity index (χ3n) is 3.40. The molecule has 1 atom stereocenters. The Kier molecular flexibility index (Phi) is 5.48. The molecule has 0 spiro atoms. The Morgan fingerprint density at radius 1 is 1.50 bits per heavy atom. The van der Waals surface area contributed by atoms with Crippen molar-refractivity contribution in [3.63, 3.8) is 0 Å². The van der Waals surface area contributed by atoms with Gasteiger partial charge in [0.2, 0.25) is 0 Å². The van der Waals surface area contributed by atoms with Gasteiger partial charge in [0, 0.05) is 19.4 Å². The van der Waals surface area contributed by atoms with E-state index in [-0.39, 0.29) is 18.7 Å². The van der Waals surface area contributed by atoms with Crippen molar-refractivity contribution >= 4 is 11.7 Å². The summed E-state index contributed by atoms with van der Waals surface area (Å²) in [5.74, 6) is 0. The van der Waals surface area contributed by atoms with E-state index in [4.69, 9.17) is 0 Å². The molecule has 2 N–H and O–H groups in total. The van der Waals surface area contributed by atoms with Gasteiger partial charge in [-0.25, -0.2) is 4.79 Å². The Hall–Kier alpha value is -2.41. The van der Waals surface area contributed by atoms with Gasteiger partial charge >= 0.3 is 6.03 Å². The van der Waals surface area contributed by atoms with Crippen molar-refractivity contribution in [1.82, 2.24) is 19.7 Å². The lowest BCUT2D eigenvalue weighted by Gasteiger charge is -2.29. The zero-order valence-electron chi connectivity index (χ0n) is 12.8. The van der Waals surface area contributed by atoms with Crippen molar-refractivity contribution in [2.45, 2.75) is 25.9 Å². The van der Waals surface area contributed by atoms with Gasteiger partial charge in [-0.15, -0.1) is 0 Å². The maximum atomic E-state index is 12.5. The van der Waals surface area contributed by atoms with Crippen LogP contribution in [0.25, 0.3) is 0 Å².